The Kier molecular flexibility index (Phi) is 6.79. The van der Waals surface area contributed by atoms with Crippen molar-refractivity contribution >= 4 is 23.2 Å². The third-order valence-corrected chi connectivity index (χ3v) is 3.70. The quantitative estimate of drug-likeness (QED) is 0.468. The van der Waals surface area contributed by atoms with Crippen LogP contribution in [0.15, 0.2) is 54.6 Å². The predicted octanol–water partition coefficient (Wildman–Crippen LogP) is 3.75. The van der Waals surface area contributed by atoms with Crippen LogP contribution in [-0.2, 0) is 4.79 Å². The van der Waals surface area contributed by atoms with Gasteiger partial charge in [0.05, 0.1) is 12.2 Å². The van der Waals surface area contributed by atoms with Gasteiger partial charge in [-0.3, -0.25) is 0 Å². The summed E-state index contributed by atoms with van der Waals surface area (Å²) in [7, 11) is 0. The molecule has 0 saturated carbocycles. The number of rotatable bonds is 9. The predicted molar refractivity (Wildman–Crippen MR) is 99.7 cm³/mol. The van der Waals surface area contributed by atoms with Gasteiger partial charge in [0.2, 0.25) is 0 Å². The van der Waals surface area contributed by atoms with Crippen molar-refractivity contribution in [3.8, 4) is 5.75 Å². The van der Waals surface area contributed by atoms with Crippen LogP contribution in [0.4, 0.5) is 5.69 Å². The van der Waals surface area contributed by atoms with Gasteiger partial charge in [-0.25, -0.2) is 9.59 Å². The highest BCUT2D eigenvalue weighted by Crippen LogP contribution is 2.17. The fourth-order valence-electron chi connectivity index (χ4n) is 2.31. The number of aromatic carboxylic acids is 1. The standard InChI is InChI=1S/C20H21NO5/c1-14(13-19(22)23)15-3-7-17(8-4-15)21-11-2-12-26-18-9-5-16(6-10-18)20(24)25/h3-10,13,21H,2,11-12H2,1H3,(H,22,23)(H,24,25). The molecule has 0 aromatic heterocycles. The Morgan fingerprint density at radius 2 is 1.62 bits per heavy atom. The Balaban J connectivity index is 1.72. The van der Waals surface area contributed by atoms with Gasteiger partial charge in [0.25, 0.3) is 0 Å². The highest BCUT2D eigenvalue weighted by molar-refractivity contribution is 5.89. The number of allylic oxidation sites excluding steroid dienone is 1. The second-order valence-corrected chi connectivity index (χ2v) is 5.70. The summed E-state index contributed by atoms with van der Waals surface area (Å²) in [6.45, 7) is 2.99. The zero-order valence-electron chi connectivity index (χ0n) is 14.4. The molecule has 0 saturated heterocycles. The van der Waals surface area contributed by atoms with E-state index in [0.717, 1.165) is 24.2 Å². The summed E-state index contributed by atoms with van der Waals surface area (Å²) in [4.78, 5) is 21.4. The fourth-order valence-corrected chi connectivity index (χ4v) is 2.31. The molecule has 2 rings (SSSR count). The summed E-state index contributed by atoms with van der Waals surface area (Å²) in [5, 5.41) is 20.9. The molecule has 0 heterocycles. The van der Waals surface area contributed by atoms with Crippen molar-refractivity contribution in [1.82, 2.24) is 0 Å². The van der Waals surface area contributed by atoms with Crippen molar-refractivity contribution < 1.29 is 24.5 Å². The first-order valence-corrected chi connectivity index (χ1v) is 8.17. The molecule has 0 aliphatic rings. The average Bonchev–Trinajstić information content (AvgIpc) is 2.61. The van der Waals surface area contributed by atoms with E-state index in [-0.39, 0.29) is 5.56 Å². The minimum absolute atomic E-state index is 0.232. The van der Waals surface area contributed by atoms with Crippen LogP contribution in [0, 0.1) is 0 Å². The molecule has 0 aliphatic carbocycles. The van der Waals surface area contributed by atoms with Crippen LogP contribution in [0.25, 0.3) is 5.57 Å². The lowest BCUT2D eigenvalue weighted by Crippen LogP contribution is -2.07. The molecular weight excluding hydrogens is 334 g/mol. The van der Waals surface area contributed by atoms with E-state index < -0.39 is 11.9 Å². The molecule has 0 bridgehead atoms. The van der Waals surface area contributed by atoms with Gasteiger partial charge in [0.15, 0.2) is 0 Å². The Bertz CT molecular complexity index is 779. The molecule has 0 spiro atoms. The number of hydrogen-bond acceptors (Lipinski definition) is 4. The third kappa shape index (κ3) is 5.98. The molecule has 0 radical (unpaired) electrons. The van der Waals surface area contributed by atoms with Crippen LogP contribution in [0.3, 0.4) is 0 Å². The molecule has 0 unspecified atom stereocenters. The summed E-state index contributed by atoms with van der Waals surface area (Å²) in [6.07, 6.45) is 1.96. The maximum absolute atomic E-state index is 10.8. The molecule has 6 nitrogen and oxygen atoms in total. The second-order valence-electron chi connectivity index (χ2n) is 5.70. The smallest absolute Gasteiger partial charge is 0.335 e. The summed E-state index contributed by atoms with van der Waals surface area (Å²) < 4.78 is 5.57. The molecule has 6 heteroatoms. The number of anilines is 1. The molecule has 0 aliphatic heterocycles. The van der Waals surface area contributed by atoms with E-state index in [1.807, 2.05) is 24.3 Å². The summed E-state index contributed by atoms with van der Waals surface area (Å²) >= 11 is 0. The number of carboxylic acid groups (broad SMARTS) is 2. The maximum Gasteiger partial charge on any atom is 0.335 e. The topological polar surface area (TPSA) is 95.9 Å². The van der Waals surface area contributed by atoms with E-state index in [0.29, 0.717) is 17.9 Å². The largest absolute Gasteiger partial charge is 0.494 e. The minimum Gasteiger partial charge on any atom is -0.494 e. The Hall–Kier alpha value is -3.28. The summed E-state index contributed by atoms with van der Waals surface area (Å²) in [6, 6.07) is 13.9. The average molecular weight is 355 g/mol. The number of ether oxygens (including phenoxy) is 1. The fraction of sp³-hybridized carbons (Fsp3) is 0.200. The van der Waals surface area contributed by atoms with E-state index in [1.165, 1.54) is 18.2 Å². The lowest BCUT2D eigenvalue weighted by Gasteiger charge is -2.09. The molecule has 136 valence electrons. The van der Waals surface area contributed by atoms with Gasteiger partial charge in [-0.15, -0.1) is 0 Å². The van der Waals surface area contributed by atoms with Crippen molar-refractivity contribution in [2.45, 2.75) is 13.3 Å². The van der Waals surface area contributed by atoms with Crippen LogP contribution in [0.1, 0.15) is 29.3 Å². The van der Waals surface area contributed by atoms with E-state index in [4.69, 9.17) is 14.9 Å². The normalized spacial score (nSPS) is 11.0. The second kappa shape index (κ2) is 9.27. The summed E-state index contributed by atoms with van der Waals surface area (Å²) in [5.74, 6) is -1.28. The Morgan fingerprint density at radius 1 is 1.00 bits per heavy atom. The molecule has 0 fully saturated rings. The number of carbonyl (C=O) groups is 2. The van der Waals surface area contributed by atoms with E-state index in [1.54, 1.807) is 19.1 Å². The highest BCUT2D eigenvalue weighted by atomic mass is 16.5. The van der Waals surface area contributed by atoms with Crippen molar-refractivity contribution in [2.75, 3.05) is 18.5 Å². The summed E-state index contributed by atoms with van der Waals surface area (Å²) in [5.41, 5.74) is 2.75. The van der Waals surface area contributed by atoms with Gasteiger partial charge in [0, 0.05) is 18.3 Å². The van der Waals surface area contributed by atoms with Crippen LogP contribution in [0.2, 0.25) is 0 Å². The molecule has 2 aromatic rings. The van der Waals surface area contributed by atoms with Crippen molar-refractivity contribution in [3.05, 3.63) is 65.7 Å². The van der Waals surface area contributed by atoms with Gasteiger partial charge < -0.3 is 20.3 Å². The first kappa shape index (κ1) is 19.1. The lowest BCUT2D eigenvalue weighted by molar-refractivity contribution is -0.131. The maximum atomic E-state index is 10.8. The van der Waals surface area contributed by atoms with Crippen LogP contribution >= 0.6 is 0 Å². The zero-order chi connectivity index (χ0) is 18.9. The highest BCUT2D eigenvalue weighted by Gasteiger charge is 2.02. The minimum atomic E-state index is -0.958. The molecule has 26 heavy (non-hydrogen) atoms. The number of hydrogen-bond donors (Lipinski definition) is 3. The van der Waals surface area contributed by atoms with Gasteiger partial charge in [-0.1, -0.05) is 12.1 Å². The van der Waals surface area contributed by atoms with E-state index in [2.05, 4.69) is 5.32 Å². The number of nitrogens with one attached hydrogen (secondary N) is 1. The lowest BCUT2D eigenvalue weighted by atomic mass is 10.1. The number of benzene rings is 2. The molecule has 2 aromatic carbocycles. The van der Waals surface area contributed by atoms with E-state index >= 15 is 0 Å². The monoisotopic (exact) mass is 355 g/mol. The number of carboxylic acids is 2. The zero-order valence-corrected chi connectivity index (χ0v) is 14.4. The molecule has 0 amide bonds. The van der Waals surface area contributed by atoms with Crippen LogP contribution < -0.4 is 10.1 Å². The van der Waals surface area contributed by atoms with E-state index in [9.17, 15) is 9.59 Å². The van der Waals surface area contributed by atoms with Gasteiger partial charge in [0.1, 0.15) is 5.75 Å². The van der Waals surface area contributed by atoms with Crippen LogP contribution in [-0.4, -0.2) is 35.3 Å². The van der Waals surface area contributed by atoms with Gasteiger partial charge in [-0.2, -0.15) is 0 Å². The SMILES string of the molecule is CC(=CC(=O)O)c1ccc(NCCCOc2ccc(C(=O)O)cc2)cc1. The number of aliphatic carboxylic acids is 1. The van der Waals surface area contributed by atoms with Crippen molar-refractivity contribution in [1.29, 1.82) is 0 Å². The van der Waals surface area contributed by atoms with Crippen molar-refractivity contribution in [2.24, 2.45) is 0 Å². The molecule has 0 atom stereocenters. The first-order valence-electron chi connectivity index (χ1n) is 8.17. The first-order chi connectivity index (χ1) is 12.5. The van der Waals surface area contributed by atoms with Gasteiger partial charge in [-0.05, 0) is 60.9 Å². The van der Waals surface area contributed by atoms with Crippen molar-refractivity contribution in [3.63, 3.8) is 0 Å². The third-order valence-electron chi connectivity index (χ3n) is 3.70. The molecule has 3 N–H and O–H groups in total. The molecular formula is C20H21NO5. The Labute approximate surface area is 151 Å². The Morgan fingerprint density at radius 3 is 2.19 bits per heavy atom. The van der Waals surface area contributed by atoms with Crippen LogP contribution in [0.5, 0.6) is 5.75 Å². The van der Waals surface area contributed by atoms with Gasteiger partial charge >= 0.3 is 11.9 Å².